The summed E-state index contributed by atoms with van der Waals surface area (Å²) < 4.78 is 25.9. The Morgan fingerprint density at radius 3 is 2.83 bits per heavy atom. The summed E-state index contributed by atoms with van der Waals surface area (Å²) >= 11 is 0. The molecule has 1 aromatic rings. The lowest BCUT2D eigenvalue weighted by Gasteiger charge is -2.06. The van der Waals surface area contributed by atoms with Crippen LogP contribution in [-0.4, -0.2) is 20.5 Å². The molecule has 1 aromatic carbocycles. The third-order valence-corrected chi connectivity index (χ3v) is 3.13. The van der Waals surface area contributed by atoms with Crippen LogP contribution in [0.3, 0.4) is 0 Å². The molecule has 0 bridgehead atoms. The first-order valence-electron chi connectivity index (χ1n) is 5.75. The van der Waals surface area contributed by atoms with Gasteiger partial charge in [0, 0.05) is 11.9 Å². The van der Waals surface area contributed by atoms with Gasteiger partial charge in [-0.15, -0.1) is 0 Å². The Balaban J connectivity index is 2.60. The molecule has 0 aliphatic carbocycles. The molecule has 1 rings (SSSR count). The zero-order valence-electron chi connectivity index (χ0n) is 10.6. The lowest BCUT2D eigenvalue weighted by atomic mass is 10.2. The highest BCUT2D eigenvalue weighted by atomic mass is 32.2. The maximum Gasteiger partial charge on any atom is 0.253 e. The van der Waals surface area contributed by atoms with Gasteiger partial charge in [0.05, 0.1) is 0 Å². The number of benzene rings is 1. The van der Waals surface area contributed by atoms with Gasteiger partial charge in [0.1, 0.15) is 0 Å². The van der Waals surface area contributed by atoms with Crippen LogP contribution in [0.15, 0.2) is 41.4 Å². The largest absolute Gasteiger partial charge is 0.282 e. The predicted octanol–water partition coefficient (Wildman–Crippen LogP) is 2.73. The average Bonchev–Trinajstić information content (AvgIpc) is 2.28. The SMILES string of the molecule is CC/C=C\C=N/CS(=O)(=O)Nc1cccc(C)c1. The standard InChI is InChI=1S/C13H18N2O2S/c1-3-4-5-9-14-11-18(16,17)15-13-8-6-7-12(2)10-13/h4-10,15H,3,11H2,1-2H3/b5-4-,14-9-. The van der Waals surface area contributed by atoms with E-state index in [4.69, 9.17) is 0 Å². The summed E-state index contributed by atoms with van der Waals surface area (Å²) in [5, 5.41) is 0. The molecule has 0 saturated carbocycles. The van der Waals surface area contributed by atoms with Crippen LogP contribution in [0.1, 0.15) is 18.9 Å². The monoisotopic (exact) mass is 266 g/mol. The molecule has 5 heteroatoms. The molecule has 0 fully saturated rings. The van der Waals surface area contributed by atoms with Crippen LogP contribution in [0, 0.1) is 6.92 Å². The van der Waals surface area contributed by atoms with Gasteiger partial charge < -0.3 is 0 Å². The van der Waals surface area contributed by atoms with E-state index in [0.717, 1.165) is 12.0 Å². The Hall–Kier alpha value is -1.62. The number of allylic oxidation sites excluding steroid dienone is 2. The number of hydrogen-bond donors (Lipinski definition) is 1. The number of aryl methyl sites for hydroxylation is 1. The fourth-order valence-corrected chi connectivity index (χ4v) is 2.15. The van der Waals surface area contributed by atoms with Crippen molar-refractivity contribution in [3.05, 3.63) is 42.0 Å². The fraction of sp³-hybridized carbons (Fsp3) is 0.308. The summed E-state index contributed by atoms with van der Waals surface area (Å²) in [5.41, 5.74) is 1.57. The summed E-state index contributed by atoms with van der Waals surface area (Å²) in [4.78, 5) is 3.84. The van der Waals surface area contributed by atoms with Gasteiger partial charge in [-0.05, 0) is 37.1 Å². The van der Waals surface area contributed by atoms with Crippen molar-refractivity contribution < 1.29 is 8.42 Å². The molecule has 0 heterocycles. The molecule has 4 nitrogen and oxygen atoms in total. The Morgan fingerprint density at radius 2 is 2.17 bits per heavy atom. The lowest BCUT2D eigenvalue weighted by molar-refractivity contribution is 0.601. The van der Waals surface area contributed by atoms with Gasteiger partial charge >= 0.3 is 0 Å². The van der Waals surface area contributed by atoms with Crippen molar-refractivity contribution in [3.63, 3.8) is 0 Å². The Kier molecular flexibility index (Phi) is 5.58. The van der Waals surface area contributed by atoms with Crippen LogP contribution in [0.25, 0.3) is 0 Å². The summed E-state index contributed by atoms with van der Waals surface area (Å²) in [6, 6.07) is 7.20. The molecule has 0 atom stereocenters. The predicted molar refractivity (Wildman–Crippen MR) is 76.5 cm³/mol. The van der Waals surface area contributed by atoms with Crippen LogP contribution in [0.2, 0.25) is 0 Å². The molecule has 98 valence electrons. The minimum atomic E-state index is -3.42. The lowest BCUT2D eigenvalue weighted by Crippen LogP contribution is -2.15. The average molecular weight is 266 g/mol. The topological polar surface area (TPSA) is 58.5 Å². The molecular weight excluding hydrogens is 248 g/mol. The van der Waals surface area contributed by atoms with Crippen LogP contribution in [0.4, 0.5) is 5.69 Å². The van der Waals surface area contributed by atoms with Crippen LogP contribution >= 0.6 is 0 Å². The van der Waals surface area contributed by atoms with E-state index >= 15 is 0 Å². The highest BCUT2D eigenvalue weighted by Gasteiger charge is 2.08. The van der Waals surface area contributed by atoms with Crippen molar-refractivity contribution in [2.45, 2.75) is 20.3 Å². The number of rotatable bonds is 6. The molecule has 0 aromatic heterocycles. The van der Waals surface area contributed by atoms with Crippen molar-refractivity contribution in [1.82, 2.24) is 0 Å². The molecule has 0 aliphatic heterocycles. The molecule has 0 radical (unpaired) electrons. The summed E-state index contributed by atoms with van der Waals surface area (Å²) in [7, 11) is -3.42. The van der Waals surface area contributed by atoms with E-state index < -0.39 is 10.0 Å². The molecule has 0 unspecified atom stereocenters. The van der Waals surface area contributed by atoms with Gasteiger partial charge in [0.25, 0.3) is 10.0 Å². The van der Waals surface area contributed by atoms with E-state index in [1.54, 1.807) is 24.3 Å². The molecule has 1 N–H and O–H groups in total. The molecule has 0 amide bonds. The van der Waals surface area contributed by atoms with E-state index in [1.165, 1.54) is 6.21 Å². The Labute approximate surface area is 109 Å². The maximum absolute atomic E-state index is 11.7. The Morgan fingerprint density at radius 1 is 1.39 bits per heavy atom. The zero-order valence-corrected chi connectivity index (χ0v) is 11.4. The maximum atomic E-state index is 11.7. The van der Waals surface area contributed by atoms with Crippen molar-refractivity contribution in [3.8, 4) is 0 Å². The molecule has 0 saturated heterocycles. The second kappa shape index (κ2) is 6.96. The van der Waals surface area contributed by atoms with E-state index in [1.807, 2.05) is 26.0 Å². The summed E-state index contributed by atoms with van der Waals surface area (Å²) in [5.74, 6) is -0.269. The number of aliphatic imine (C=N–C) groups is 1. The number of hydrogen-bond acceptors (Lipinski definition) is 3. The molecule has 0 aliphatic rings. The van der Waals surface area contributed by atoms with Crippen molar-refractivity contribution in [2.24, 2.45) is 4.99 Å². The van der Waals surface area contributed by atoms with E-state index in [9.17, 15) is 8.42 Å². The molecular formula is C13H18N2O2S. The highest BCUT2D eigenvalue weighted by molar-refractivity contribution is 7.92. The first kappa shape index (κ1) is 14.4. The summed E-state index contributed by atoms with van der Waals surface area (Å²) in [6.45, 7) is 3.91. The van der Waals surface area contributed by atoms with Crippen molar-refractivity contribution in [2.75, 3.05) is 10.6 Å². The minimum absolute atomic E-state index is 0.269. The van der Waals surface area contributed by atoms with Gasteiger partial charge in [-0.2, -0.15) is 0 Å². The van der Waals surface area contributed by atoms with Crippen molar-refractivity contribution >= 4 is 21.9 Å². The fourth-order valence-electron chi connectivity index (χ4n) is 1.32. The number of nitrogens with one attached hydrogen (secondary N) is 1. The Bertz CT molecular complexity index is 534. The van der Waals surface area contributed by atoms with Crippen molar-refractivity contribution in [1.29, 1.82) is 0 Å². The normalized spacial score (nSPS) is 12.3. The zero-order chi connectivity index (χ0) is 13.4. The number of sulfonamides is 1. The highest BCUT2D eigenvalue weighted by Crippen LogP contribution is 2.11. The quantitative estimate of drug-likeness (QED) is 0.805. The van der Waals surface area contributed by atoms with Gasteiger partial charge in [0.2, 0.25) is 0 Å². The summed E-state index contributed by atoms with van der Waals surface area (Å²) in [6.07, 6.45) is 6.05. The second-order valence-corrected chi connectivity index (χ2v) is 5.58. The van der Waals surface area contributed by atoms with Gasteiger partial charge in [-0.25, -0.2) is 8.42 Å². The van der Waals surface area contributed by atoms with Gasteiger partial charge in [0.15, 0.2) is 5.88 Å². The molecule has 0 spiro atoms. The molecule has 18 heavy (non-hydrogen) atoms. The first-order valence-corrected chi connectivity index (χ1v) is 7.41. The van der Waals surface area contributed by atoms with E-state index in [0.29, 0.717) is 5.69 Å². The number of anilines is 1. The third kappa shape index (κ3) is 5.63. The van der Waals surface area contributed by atoms with Crippen LogP contribution < -0.4 is 4.72 Å². The second-order valence-electron chi connectivity index (χ2n) is 3.88. The first-order chi connectivity index (χ1) is 8.53. The minimum Gasteiger partial charge on any atom is -0.282 e. The van der Waals surface area contributed by atoms with Crippen LogP contribution in [0.5, 0.6) is 0 Å². The number of nitrogens with zero attached hydrogens (tertiary/aromatic N) is 1. The third-order valence-electron chi connectivity index (χ3n) is 2.10. The van der Waals surface area contributed by atoms with E-state index in [-0.39, 0.29) is 5.88 Å². The van der Waals surface area contributed by atoms with E-state index in [2.05, 4.69) is 9.71 Å². The van der Waals surface area contributed by atoms with Crippen LogP contribution in [-0.2, 0) is 10.0 Å². The van der Waals surface area contributed by atoms with Gasteiger partial charge in [-0.1, -0.05) is 25.1 Å². The van der Waals surface area contributed by atoms with Gasteiger partial charge in [-0.3, -0.25) is 9.71 Å². The smallest absolute Gasteiger partial charge is 0.253 e.